The molecule has 2 aromatic rings. The minimum absolute atomic E-state index is 0.0782. The minimum atomic E-state index is -1.24. The normalized spacial score (nSPS) is 18.5. The van der Waals surface area contributed by atoms with Crippen LogP contribution in [0.2, 0.25) is 0 Å². The number of piperazine rings is 1. The summed E-state index contributed by atoms with van der Waals surface area (Å²) in [6.45, 7) is 2.60. The zero-order chi connectivity index (χ0) is 25.8. The molecule has 190 valence electrons. The van der Waals surface area contributed by atoms with Crippen LogP contribution in [0.5, 0.6) is 11.5 Å². The van der Waals surface area contributed by atoms with E-state index in [4.69, 9.17) is 9.47 Å². The van der Waals surface area contributed by atoms with Crippen LogP contribution < -0.4 is 9.47 Å². The molecule has 4 rings (SSSR count). The van der Waals surface area contributed by atoms with Crippen LogP contribution in [0.1, 0.15) is 17.5 Å². The number of rotatable bonds is 9. The first-order valence-corrected chi connectivity index (χ1v) is 12.0. The van der Waals surface area contributed by atoms with E-state index in [2.05, 4.69) is 29.2 Å². The summed E-state index contributed by atoms with van der Waals surface area (Å²) in [6.07, 6.45) is 4.65. The monoisotopic (exact) mass is 492 g/mol. The van der Waals surface area contributed by atoms with Crippen molar-refractivity contribution in [3.8, 4) is 22.6 Å². The van der Waals surface area contributed by atoms with Gasteiger partial charge in [0, 0.05) is 32.3 Å². The molecule has 1 unspecified atom stereocenters. The lowest BCUT2D eigenvalue weighted by Gasteiger charge is -2.40. The lowest BCUT2D eigenvalue weighted by atomic mass is 9.94. The van der Waals surface area contributed by atoms with Crippen molar-refractivity contribution in [1.82, 2.24) is 9.80 Å². The van der Waals surface area contributed by atoms with Gasteiger partial charge in [0.1, 0.15) is 0 Å². The number of likely N-dealkylation sites (N-methyl/N-ethyl adjacent to an activating group) is 1. The first-order chi connectivity index (χ1) is 17.3. The highest BCUT2D eigenvalue weighted by Gasteiger charge is 2.32. The molecule has 0 amide bonds. The van der Waals surface area contributed by atoms with E-state index in [1.807, 2.05) is 30.1 Å². The van der Waals surface area contributed by atoms with Gasteiger partial charge < -0.3 is 24.6 Å². The summed E-state index contributed by atoms with van der Waals surface area (Å²) in [5, 5.41) is 18.9. The molecular formula is C28H32N2O6. The Morgan fingerprint density at radius 2 is 1.81 bits per heavy atom. The molecule has 8 heteroatoms. The summed E-state index contributed by atoms with van der Waals surface area (Å²) in [7, 11) is 5.18. The molecule has 0 bridgehead atoms. The van der Waals surface area contributed by atoms with Gasteiger partial charge in [0.25, 0.3) is 0 Å². The van der Waals surface area contributed by atoms with Gasteiger partial charge >= 0.3 is 11.9 Å². The Bertz CT molecular complexity index is 1220. The van der Waals surface area contributed by atoms with E-state index in [0.29, 0.717) is 31.1 Å². The fourth-order valence-corrected chi connectivity index (χ4v) is 5.17. The average molecular weight is 493 g/mol. The number of aliphatic carboxylic acids is 2. The Morgan fingerprint density at radius 3 is 2.50 bits per heavy atom. The second kappa shape index (κ2) is 11.0. The molecule has 36 heavy (non-hydrogen) atoms. The SMILES string of the molecule is COc1ccc(-c2cccc3c2CC=C3CCN2CCN(C)CC2/C(=C/C(=O)O)C(=O)O)cc1OC. The summed E-state index contributed by atoms with van der Waals surface area (Å²) in [5.41, 5.74) is 5.81. The number of methoxy groups -OCH3 is 2. The van der Waals surface area contributed by atoms with Crippen LogP contribution in [0.4, 0.5) is 0 Å². The van der Waals surface area contributed by atoms with E-state index < -0.39 is 18.0 Å². The maximum Gasteiger partial charge on any atom is 0.333 e. The highest BCUT2D eigenvalue weighted by molar-refractivity contribution is 5.95. The van der Waals surface area contributed by atoms with Crippen molar-refractivity contribution in [1.29, 1.82) is 0 Å². The van der Waals surface area contributed by atoms with Crippen molar-refractivity contribution >= 4 is 17.5 Å². The van der Waals surface area contributed by atoms with Gasteiger partial charge in [0.15, 0.2) is 11.5 Å². The fourth-order valence-electron chi connectivity index (χ4n) is 5.17. The van der Waals surface area contributed by atoms with Crippen molar-refractivity contribution in [2.45, 2.75) is 18.9 Å². The highest BCUT2D eigenvalue weighted by Crippen LogP contribution is 2.39. The van der Waals surface area contributed by atoms with Crippen molar-refractivity contribution < 1.29 is 29.3 Å². The molecule has 1 saturated heterocycles. The van der Waals surface area contributed by atoms with Crippen LogP contribution in [-0.2, 0) is 16.0 Å². The first-order valence-electron chi connectivity index (χ1n) is 12.0. The first kappa shape index (κ1) is 25.5. The molecule has 0 saturated carbocycles. The lowest BCUT2D eigenvalue weighted by Crippen LogP contribution is -2.53. The number of carbonyl (C=O) groups is 2. The maximum atomic E-state index is 11.9. The molecule has 0 aromatic heterocycles. The van der Waals surface area contributed by atoms with Crippen LogP contribution in [0, 0.1) is 0 Å². The number of hydrogen-bond acceptors (Lipinski definition) is 6. The molecule has 1 aliphatic carbocycles. The predicted molar refractivity (Wildman–Crippen MR) is 137 cm³/mol. The number of allylic oxidation sites excluding steroid dienone is 1. The van der Waals surface area contributed by atoms with E-state index >= 15 is 0 Å². The fraction of sp³-hybridized carbons (Fsp3) is 0.357. The van der Waals surface area contributed by atoms with Gasteiger partial charge in [-0.25, -0.2) is 9.59 Å². The van der Waals surface area contributed by atoms with Crippen LogP contribution >= 0.6 is 0 Å². The topological polar surface area (TPSA) is 99.5 Å². The molecular weight excluding hydrogens is 460 g/mol. The largest absolute Gasteiger partial charge is 0.493 e. The molecule has 2 N–H and O–H groups in total. The lowest BCUT2D eigenvalue weighted by molar-refractivity contribution is -0.136. The Morgan fingerprint density at radius 1 is 1.06 bits per heavy atom. The number of carboxylic acid groups (broad SMARTS) is 2. The van der Waals surface area contributed by atoms with Crippen LogP contribution in [-0.4, -0.2) is 85.4 Å². The van der Waals surface area contributed by atoms with Gasteiger partial charge in [-0.05, 0) is 59.8 Å². The molecule has 2 aliphatic rings. The van der Waals surface area contributed by atoms with Gasteiger partial charge in [-0.1, -0.05) is 30.3 Å². The summed E-state index contributed by atoms with van der Waals surface area (Å²) in [5.74, 6) is -1.06. The van der Waals surface area contributed by atoms with Crippen molar-refractivity contribution in [3.63, 3.8) is 0 Å². The third-order valence-corrected chi connectivity index (χ3v) is 7.02. The van der Waals surface area contributed by atoms with E-state index in [1.54, 1.807) is 14.2 Å². The van der Waals surface area contributed by atoms with E-state index in [0.717, 1.165) is 36.6 Å². The third-order valence-electron chi connectivity index (χ3n) is 7.02. The van der Waals surface area contributed by atoms with Crippen molar-refractivity contribution in [2.24, 2.45) is 0 Å². The Hall–Kier alpha value is -3.62. The van der Waals surface area contributed by atoms with E-state index in [9.17, 15) is 19.8 Å². The summed E-state index contributed by atoms with van der Waals surface area (Å²) in [6, 6.07) is 11.8. The third kappa shape index (κ3) is 5.29. The Labute approximate surface area is 211 Å². The zero-order valence-electron chi connectivity index (χ0n) is 20.9. The number of fused-ring (bicyclic) bond motifs is 1. The van der Waals surface area contributed by atoms with Gasteiger partial charge in [0.05, 0.1) is 25.8 Å². The van der Waals surface area contributed by atoms with E-state index in [-0.39, 0.29) is 5.57 Å². The second-order valence-electron chi connectivity index (χ2n) is 9.14. The highest BCUT2D eigenvalue weighted by atomic mass is 16.5. The second-order valence-corrected chi connectivity index (χ2v) is 9.14. The Balaban J connectivity index is 1.55. The number of hydrogen-bond donors (Lipinski definition) is 2. The minimum Gasteiger partial charge on any atom is -0.493 e. The molecule has 1 fully saturated rings. The van der Waals surface area contributed by atoms with Gasteiger partial charge in [-0.3, -0.25) is 4.90 Å². The number of ether oxygens (including phenoxy) is 2. The zero-order valence-corrected chi connectivity index (χ0v) is 20.9. The van der Waals surface area contributed by atoms with E-state index in [1.165, 1.54) is 16.7 Å². The van der Waals surface area contributed by atoms with Crippen LogP contribution in [0.25, 0.3) is 16.7 Å². The molecule has 1 aliphatic heterocycles. The van der Waals surface area contributed by atoms with Crippen LogP contribution in [0.15, 0.2) is 54.1 Å². The molecule has 2 aromatic carbocycles. The summed E-state index contributed by atoms with van der Waals surface area (Å²) < 4.78 is 10.9. The summed E-state index contributed by atoms with van der Waals surface area (Å²) in [4.78, 5) is 27.3. The average Bonchev–Trinajstić information content (AvgIpc) is 3.29. The molecule has 0 radical (unpaired) electrons. The van der Waals surface area contributed by atoms with Gasteiger partial charge in [0.2, 0.25) is 0 Å². The smallest absolute Gasteiger partial charge is 0.333 e. The molecule has 1 atom stereocenters. The molecule has 0 spiro atoms. The molecule has 1 heterocycles. The molecule has 8 nitrogen and oxygen atoms in total. The number of carboxylic acids is 2. The number of nitrogens with zero attached hydrogens (tertiary/aromatic N) is 2. The van der Waals surface area contributed by atoms with Crippen molar-refractivity contribution in [2.75, 3.05) is 47.4 Å². The quantitative estimate of drug-likeness (QED) is 0.514. The number of benzene rings is 2. The summed E-state index contributed by atoms with van der Waals surface area (Å²) >= 11 is 0. The standard InChI is InChI=1S/C28H32N2O6/c1-29-13-14-30(24(17-29)23(28(33)34)16-27(31)32)12-11-18-7-9-22-20(18)5-4-6-21(22)19-8-10-25(35-2)26(15-19)36-3/h4-8,10,15-16,24H,9,11-14,17H2,1-3H3,(H,31,32)(H,33,34)/b23-16-. The Kier molecular flexibility index (Phi) is 7.76. The van der Waals surface area contributed by atoms with Gasteiger partial charge in [-0.2, -0.15) is 0 Å². The maximum absolute atomic E-state index is 11.9. The van der Waals surface area contributed by atoms with Gasteiger partial charge in [-0.15, -0.1) is 0 Å². The predicted octanol–water partition coefficient (Wildman–Crippen LogP) is 3.41. The van der Waals surface area contributed by atoms with Crippen molar-refractivity contribution in [3.05, 3.63) is 65.3 Å². The van der Waals surface area contributed by atoms with Crippen LogP contribution in [0.3, 0.4) is 0 Å².